The van der Waals surface area contributed by atoms with Gasteiger partial charge in [0, 0.05) is 23.3 Å². The predicted molar refractivity (Wildman–Crippen MR) is 57.1 cm³/mol. The number of pyridine rings is 1. The van der Waals surface area contributed by atoms with Crippen molar-refractivity contribution in [3.05, 3.63) is 30.1 Å². The normalized spacial score (nSPS) is 11.9. The van der Waals surface area contributed by atoms with E-state index in [1.54, 1.807) is 12.1 Å². The zero-order valence-electron chi connectivity index (χ0n) is 9.15. The Morgan fingerprint density at radius 2 is 2.22 bits per heavy atom. The van der Waals surface area contributed by atoms with Gasteiger partial charge in [-0.05, 0) is 12.1 Å². The maximum absolute atomic E-state index is 11.9. The first-order valence-corrected chi connectivity index (χ1v) is 5.05. The topological polar surface area (TPSA) is 44.1 Å². The molecule has 2 aromatic rings. The number of carbonyl (C=O) groups excluding carboxylic acids is 1. The van der Waals surface area contributed by atoms with Gasteiger partial charge >= 0.3 is 6.18 Å². The molecule has 18 heavy (non-hydrogen) atoms. The predicted octanol–water partition coefficient (Wildman–Crippen LogP) is 2.39. The quantitative estimate of drug-likeness (QED) is 0.791. The van der Waals surface area contributed by atoms with Crippen LogP contribution in [0.4, 0.5) is 13.2 Å². The van der Waals surface area contributed by atoms with Crippen LogP contribution in [0.15, 0.2) is 24.5 Å². The van der Waals surface area contributed by atoms with Crippen molar-refractivity contribution in [2.45, 2.75) is 12.9 Å². The molecule has 2 rings (SSSR count). The number of aromatic nitrogens is 2. The highest BCUT2D eigenvalue weighted by Gasteiger charge is 2.27. The lowest BCUT2D eigenvalue weighted by Gasteiger charge is -2.08. The molecule has 7 heteroatoms. The molecule has 0 aliphatic carbocycles. The molecule has 0 unspecified atom stereocenters. The van der Waals surface area contributed by atoms with Crippen molar-refractivity contribution in [1.82, 2.24) is 9.55 Å². The van der Waals surface area contributed by atoms with Crippen LogP contribution in [0.1, 0.15) is 10.4 Å². The Bertz CT molecular complexity index is 563. The van der Waals surface area contributed by atoms with E-state index in [9.17, 15) is 18.0 Å². The summed E-state index contributed by atoms with van der Waals surface area (Å²) in [6.07, 6.45) is -0.827. The summed E-state index contributed by atoms with van der Waals surface area (Å²) >= 11 is 0. The summed E-state index contributed by atoms with van der Waals surface area (Å²) in [4.78, 5) is 14.8. The molecule has 2 aromatic heterocycles. The van der Waals surface area contributed by atoms with Gasteiger partial charge in [0.1, 0.15) is 19.0 Å². The maximum Gasteiger partial charge on any atom is 0.411 e. The van der Waals surface area contributed by atoms with Crippen LogP contribution in [0.25, 0.3) is 11.0 Å². The van der Waals surface area contributed by atoms with Crippen LogP contribution in [0.5, 0.6) is 0 Å². The Hall–Kier alpha value is -1.89. The summed E-state index contributed by atoms with van der Waals surface area (Å²) in [5, 5.41) is 0.586. The third kappa shape index (κ3) is 2.67. The highest BCUT2D eigenvalue weighted by atomic mass is 19.4. The number of hydrogen-bond acceptors (Lipinski definition) is 3. The van der Waals surface area contributed by atoms with Crippen LogP contribution in [0, 0.1) is 0 Å². The van der Waals surface area contributed by atoms with Crippen molar-refractivity contribution in [3.8, 4) is 0 Å². The maximum atomic E-state index is 11.9. The van der Waals surface area contributed by atoms with E-state index in [4.69, 9.17) is 0 Å². The van der Waals surface area contributed by atoms with Crippen molar-refractivity contribution in [3.63, 3.8) is 0 Å². The fourth-order valence-corrected chi connectivity index (χ4v) is 1.60. The molecule has 0 aromatic carbocycles. The summed E-state index contributed by atoms with van der Waals surface area (Å²) in [5.41, 5.74) is 0.787. The largest absolute Gasteiger partial charge is 0.411 e. The minimum absolute atomic E-state index is 0.305. The lowest BCUT2D eigenvalue weighted by atomic mass is 10.2. The minimum Gasteiger partial charge on any atom is -0.351 e. The summed E-state index contributed by atoms with van der Waals surface area (Å²) in [6.45, 7) is -1.64. The number of carbonyl (C=O) groups is 1. The molecule has 4 nitrogen and oxygen atoms in total. The van der Waals surface area contributed by atoms with Gasteiger partial charge < -0.3 is 9.30 Å². The summed E-state index contributed by atoms with van der Waals surface area (Å²) < 4.78 is 41.7. The van der Waals surface area contributed by atoms with Crippen molar-refractivity contribution in [2.24, 2.45) is 0 Å². The summed E-state index contributed by atoms with van der Waals surface area (Å²) in [6, 6.07) is 3.32. The van der Waals surface area contributed by atoms with Crippen LogP contribution in [-0.4, -0.2) is 28.6 Å². The Balaban J connectivity index is 2.21. The van der Waals surface area contributed by atoms with E-state index < -0.39 is 12.8 Å². The number of alkyl halides is 3. The molecular formula is C11H9F3N2O2. The minimum atomic E-state index is -4.37. The molecule has 0 atom stereocenters. The second kappa shape index (κ2) is 4.77. The SMILES string of the molecule is O=Cc1cn(COCC(F)(F)F)c2ncccc12. The lowest BCUT2D eigenvalue weighted by Crippen LogP contribution is -2.18. The van der Waals surface area contributed by atoms with E-state index in [-0.39, 0.29) is 6.73 Å². The Morgan fingerprint density at radius 1 is 1.44 bits per heavy atom. The van der Waals surface area contributed by atoms with Gasteiger partial charge in [-0.25, -0.2) is 4.98 Å². The molecule has 0 bridgehead atoms. The van der Waals surface area contributed by atoms with Gasteiger partial charge in [-0.15, -0.1) is 0 Å². The van der Waals surface area contributed by atoms with E-state index >= 15 is 0 Å². The Labute approximate surface area is 100.0 Å². The molecular weight excluding hydrogens is 249 g/mol. The first-order valence-electron chi connectivity index (χ1n) is 5.05. The molecule has 0 spiro atoms. The van der Waals surface area contributed by atoms with Crippen LogP contribution >= 0.6 is 0 Å². The molecule has 0 fully saturated rings. The van der Waals surface area contributed by atoms with E-state index in [1.807, 2.05) is 0 Å². The van der Waals surface area contributed by atoms with E-state index in [0.29, 0.717) is 22.9 Å². The Morgan fingerprint density at radius 3 is 2.89 bits per heavy atom. The molecule has 96 valence electrons. The third-order valence-electron chi connectivity index (χ3n) is 2.29. The first-order chi connectivity index (χ1) is 8.51. The third-order valence-corrected chi connectivity index (χ3v) is 2.29. The first kappa shape index (κ1) is 12.6. The number of rotatable bonds is 4. The van der Waals surface area contributed by atoms with Crippen molar-refractivity contribution in [1.29, 1.82) is 0 Å². The second-order valence-electron chi connectivity index (χ2n) is 3.64. The molecule has 0 aliphatic rings. The van der Waals surface area contributed by atoms with Gasteiger partial charge in [0.25, 0.3) is 0 Å². The van der Waals surface area contributed by atoms with Crippen LogP contribution in [0.2, 0.25) is 0 Å². The molecule has 0 saturated heterocycles. The van der Waals surface area contributed by atoms with Gasteiger partial charge in [-0.2, -0.15) is 13.2 Å². The number of nitrogens with zero attached hydrogens (tertiary/aromatic N) is 2. The molecule has 0 radical (unpaired) electrons. The highest BCUT2D eigenvalue weighted by Crippen LogP contribution is 2.19. The fraction of sp³-hybridized carbons (Fsp3) is 0.273. The molecule has 0 amide bonds. The van der Waals surface area contributed by atoms with Gasteiger partial charge in [0.15, 0.2) is 6.29 Å². The van der Waals surface area contributed by atoms with Gasteiger partial charge in [-0.3, -0.25) is 4.79 Å². The fourth-order valence-electron chi connectivity index (χ4n) is 1.60. The van der Waals surface area contributed by atoms with Crippen molar-refractivity contribution >= 4 is 17.3 Å². The molecule has 0 saturated carbocycles. The van der Waals surface area contributed by atoms with Gasteiger partial charge in [-0.1, -0.05) is 0 Å². The number of hydrogen-bond donors (Lipinski definition) is 0. The smallest absolute Gasteiger partial charge is 0.351 e. The zero-order chi connectivity index (χ0) is 13.2. The van der Waals surface area contributed by atoms with Gasteiger partial charge in [0.05, 0.1) is 0 Å². The average Bonchev–Trinajstić information content (AvgIpc) is 2.66. The molecule has 0 aliphatic heterocycles. The number of aldehydes is 1. The van der Waals surface area contributed by atoms with Crippen molar-refractivity contribution in [2.75, 3.05) is 6.61 Å². The average molecular weight is 258 g/mol. The van der Waals surface area contributed by atoms with Crippen LogP contribution in [-0.2, 0) is 11.5 Å². The van der Waals surface area contributed by atoms with Crippen LogP contribution < -0.4 is 0 Å². The monoisotopic (exact) mass is 258 g/mol. The summed E-state index contributed by atoms with van der Waals surface area (Å²) in [7, 11) is 0. The standard InChI is InChI=1S/C11H9F3N2O2/c12-11(13,14)6-18-7-16-4-8(5-17)9-2-1-3-15-10(9)16/h1-5H,6-7H2. The molecule has 2 heterocycles. The zero-order valence-corrected chi connectivity index (χ0v) is 9.15. The number of fused-ring (bicyclic) bond motifs is 1. The van der Waals surface area contributed by atoms with Gasteiger partial charge in [0.2, 0.25) is 0 Å². The highest BCUT2D eigenvalue weighted by molar-refractivity contribution is 5.95. The number of halogens is 3. The summed E-state index contributed by atoms with van der Waals surface area (Å²) in [5.74, 6) is 0. The van der Waals surface area contributed by atoms with E-state index in [2.05, 4.69) is 9.72 Å². The van der Waals surface area contributed by atoms with E-state index in [0.717, 1.165) is 0 Å². The molecule has 0 N–H and O–H groups in total. The van der Waals surface area contributed by atoms with Crippen molar-refractivity contribution < 1.29 is 22.7 Å². The Kier molecular flexibility index (Phi) is 3.33. The second-order valence-corrected chi connectivity index (χ2v) is 3.64. The number of ether oxygens (including phenoxy) is 1. The lowest BCUT2D eigenvalue weighted by molar-refractivity contribution is -0.181. The van der Waals surface area contributed by atoms with Crippen LogP contribution in [0.3, 0.4) is 0 Å². The van der Waals surface area contributed by atoms with E-state index in [1.165, 1.54) is 17.0 Å².